The molecule has 122 valence electrons. The SMILES string of the molecule is O=C(c1ccc(Nc2nc3c(Br)cccn3n2)cc1)N1CC(O)C1. The van der Waals surface area contributed by atoms with E-state index < -0.39 is 6.10 Å². The Morgan fingerprint density at radius 2 is 2.00 bits per heavy atom. The van der Waals surface area contributed by atoms with Gasteiger partial charge in [0.05, 0.1) is 10.6 Å². The maximum absolute atomic E-state index is 12.2. The molecule has 2 aromatic heterocycles. The number of aliphatic hydroxyl groups is 1. The van der Waals surface area contributed by atoms with Gasteiger partial charge in [-0.1, -0.05) is 0 Å². The van der Waals surface area contributed by atoms with Crippen molar-refractivity contribution >= 4 is 39.1 Å². The molecule has 0 saturated carbocycles. The van der Waals surface area contributed by atoms with Crippen LogP contribution in [0.1, 0.15) is 10.4 Å². The lowest BCUT2D eigenvalue weighted by molar-refractivity contribution is 0.00590. The Bertz CT molecular complexity index is 902. The molecule has 1 aliphatic rings. The Kier molecular flexibility index (Phi) is 3.70. The molecule has 0 atom stereocenters. The van der Waals surface area contributed by atoms with E-state index in [4.69, 9.17) is 0 Å². The normalized spacial score (nSPS) is 14.7. The van der Waals surface area contributed by atoms with E-state index >= 15 is 0 Å². The van der Waals surface area contributed by atoms with Crippen LogP contribution in [-0.2, 0) is 0 Å². The number of nitrogens with zero attached hydrogens (tertiary/aromatic N) is 4. The van der Waals surface area contributed by atoms with Crippen LogP contribution in [0.3, 0.4) is 0 Å². The number of likely N-dealkylation sites (tertiary alicyclic amines) is 1. The Morgan fingerprint density at radius 1 is 1.25 bits per heavy atom. The highest BCUT2D eigenvalue weighted by Crippen LogP contribution is 2.20. The van der Waals surface area contributed by atoms with Gasteiger partial charge in [0, 0.05) is 30.5 Å². The summed E-state index contributed by atoms with van der Waals surface area (Å²) in [6, 6.07) is 10.9. The number of carbonyl (C=O) groups is 1. The number of rotatable bonds is 3. The molecule has 8 heteroatoms. The summed E-state index contributed by atoms with van der Waals surface area (Å²) in [7, 11) is 0. The average molecular weight is 388 g/mol. The van der Waals surface area contributed by atoms with Gasteiger partial charge in [-0.15, -0.1) is 5.10 Å². The molecular weight excluding hydrogens is 374 g/mol. The predicted molar refractivity (Wildman–Crippen MR) is 92.3 cm³/mol. The van der Waals surface area contributed by atoms with Crippen molar-refractivity contribution in [3.63, 3.8) is 0 Å². The molecule has 3 aromatic rings. The molecule has 0 unspecified atom stereocenters. The Balaban J connectivity index is 1.50. The summed E-state index contributed by atoms with van der Waals surface area (Å²) in [5, 5.41) is 16.7. The van der Waals surface area contributed by atoms with Gasteiger partial charge in [-0.3, -0.25) is 4.79 Å². The Morgan fingerprint density at radius 3 is 2.67 bits per heavy atom. The molecule has 0 aliphatic carbocycles. The number of benzene rings is 1. The quantitative estimate of drug-likeness (QED) is 0.718. The summed E-state index contributed by atoms with van der Waals surface area (Å²) in [6.45, 7) is 0.803. The van der Waals surface area contributed by atoms with Gasteiger partial charge >= 0.3 is 0 Å². The van der Waals surface area contributed by atoms with Crippen LogP contribution in [-0.4, -0.2) is 49.7 Å². The number of carbonyl (C=O) groups excluding carboxylic acids is 1. The lowest BCUT2D eigenvalue weighted by Gasteiger charge is -2.35. The minimum atomic E-state index is -0.393. The molecule has 24 heavy (non-hydrogen) atoms. The van der Waals surface area contributed by atoms with Crippen molar-refractivity contribution in [2.75, 3.05) is 18.4 Å². The van der Waals surface area contributed by atoms with Crippen LogP contribution in [0.15, 0.2) is 47.1 Å². The fraction of sp³-hybridized carbons (Fsp3) is 0.188. The number of aliphatic hydroxyl groups excluding tert-OH is 1. The fourth-order valence-electron chi connectivity index (χ4n) is 2.56. The van der Waals surface area contributed by atoms with E-state index in [2.05, 4.69) is 31.3 Å². The third-order valence-electron chi connectivity index (χ3n) is 3.85. The summed E-state index contributed by atoms with van der Waals surface area (Å²) in [5.74, 6) is 0.411. The first kappa shape index (κ1) is 15.1. The minimum absolute atomic E-state index is 0.0679. The zero-order chi connectivity index (χ0) is 16.7. The monoisotopic (exact) mass is 387 g/mol. The molecule has 0 radical (unpaired) electrons. The summed E-state index contributed by atoms with van der Waals surface area (Å²) >= 11 is 3.44. The van der Waals surface area contributed by atoms with Crippen LogP contribution in [0, 0.1) is 0 Å². The molecule has 0 bridgehead atoms. The largest absolute Gasteiger partial charge is 0.389 e. The summed E-state index contributed by atoms with van der Waals surface area (Å²) in [4.78, 5) is 18.2. The maximum Gasteiger partial charge on any atom is 0.254 e. The third kappa shape index (κ3) is 2.74. The molecule has 1 fully saturated rings. The van der Waals surface area contributed by atoms with Gasteiger partial charge in [0.1, 0.15) is 0 Å². The van der Waals surface area contributed by atoms with E-state index in [0.29, 0.717) is 24.6 Å². The van der Waals surface area contributed by atoms with Crippen molar-refractivity contribution in [2.24, 2.45) is 0 Å². The first-order valence-electron chi connectivity index (χ1n) is 7.45. The van der Waals surface area contributed by atoms with Crippen molar-refractivity contribution in [1.29, 1.82) is 0 Å². The topological polar surface area (TPSA) is 82.8 Å². The number of fused-ring (bicyclic) bond motifs is 1. The molecule has 1 saturated heterocycles. The summed E-state index contributed by atoms with van der Waals surface area (Å²) in [5.41, 5.74) is 2.11. The molecule has 2 N–H and O–H groups in total. The van der Waals surface area contributed by atoms with Gasteiger partial charge in [0.25, 0.3) is 5.91 Å². The van der Waals surface area contributed by atoms with Gasteiger partial charge in [0.15, 0.2) is 5.65 Å². The molecule has 1 aliphatic heterocycles. The van der Waals surface area contributed by atoms with Crippen LogP contribution in [0.2, 0.25) is 0 Å². The first-order valence-corrected chi connectivity index (χ1v) is 8.25. The van der Waals surface area contributed by atoms with Crippen LogP contribution in [0.4, 0.5) is 11.6 Å². The highest BCUT2D eigenvalue weighted by molar-refractivity contribution is 9.10. The number of β-amino-alcohol motifs (C(OH)–C–C–N with tert-alkyl or cyclic N) is 1. The number of nitrogens with one attached hydrogen (secondary N) is 1. The fourth-order valence-corrected chi connectivity index (χ4v) is 2.98. The second-order valence-electron chi connectivity index (χ2n) is 5.63. The Labute approximate surface area is 146 Å². The van der Waals surface area contributed by atoms with Crippen LogP contribution in [0.25, 0.3) is 5.65 Å². The number of aromatic nitrogens is 3. The zero-order valence-corrected chi connectivity index (χ0v) is 14.1. The van der Waals surface area contributed by atoms with E-state index in [0.717, 1.165) is 15.8 Å². The highest BCUT2D eigenvalue weighted by atomic mass is 79.9. The van der Waals surface area contributed by atoms with Crippen LogP contribution < -0.4 is 5.32 Å². The number of pyridine rings is 1. The van der Waals surface area contributed by atoms with Gasteiger partial charge in [-0.2, -0.15) is 4.98 Å². The minimum Gasteiger partial charge on any atom is -0.389 e. The number of amides is 1. The van der Waals surface area contributed by atoms with Gasteiger partial charge in [-0.25, -0.2) is 4.52 Å². The highest BCUT2D eigenvalue weighted by Gasteiger charge is 2.29. The second kappa shape index (κ2) is 5.88. The molecule has 1 amide bonds. The van der Waals surface area contributed by atoms with E-state index in [9.17, 15) is 9.90 Å². The van der Waals surface area contributed by atoms with Crippen molar-refractivity contribution in [3.05, 3.63) is 52.6 Å². The number of hydrogen-bond acceptors (Lipinski definition) is 5. The predicted octanol–water partition coefficient (Wildman–Crippen LogP) is 2.05. The molecule has 3 heterocycles. The van der Waals surface area contributed by atoms with Crippen LogP contribution in [0.5, 0.6) is 0 Å². The average Bonchev–Trinajstić information content (AvgIpc) is 2.96. The van der Waals surface area contributed by atoms with E-state index in [1.165, 1.54) is 0 Å². The lowest BCUT2D eigenvalue weighted by Crippen LogP contribution is -2.53. The molecule has 7 nitrogen and oxygen atoms in total. The number of halogens is 1. The first-order chi connectivity index (χ1) is 11.6. The number of anilines is 2. The van der Waals surface area contributed by atoms with E-state index in [1.54, 1.807) is 21.5 Å². The Hall–Kier alpha value is -2.45. The summed E-state index contributed by atoms with van der Waals surface area (Å²) in [6.07, 6.45) is 1.43. The zero-order valence-electron chi connectivity index (χ0n) is 12.6. The molecule has 0 spiro atoms. The smallest absolute Gasteiger partial charge is 0.254 e. The third-order valence-corrected chi connectivity index (χ3v) is 4.47. The standard InChI is InChI=1S/C16H14BrN5O2/c17-13-2-1-7-22-14(13)19-16(20-22)18-11-5-3-10(4-6-11)15(24)21-8-12(23)9-21/h1-7,12,23H,8-9H2,(H,18,20). The van der Waals surface area contributed by atoms with Gasteiger partial charge in [0.2, 0.25) is 5.95 Å². The van der Waals surface area contributed by atoms with Crippen molar-refractivity contribution in [3.8, 4) is 0 Å². The van der Waals surface area contributed by atoms with Crippen LogP contribution >= 0.6 is 15.9 Å². The number of hydrogen-bond donors (Lipinski definition) is 2. The molecular formula is C16H14BrN5O2. The van der Waals surface area contributed by atoms with E-state index in [1.807, 2.05) is 30.5 Å². The maximum atomic E-state index is 12.2. The second-order valence-corrected chi connectivity index (χ2v) is 6.48. The van der Waals surface area contributed by atoms with Crippen molar-refractivity contribution in [1.82, 2.24) is 19.5 Å². The van der Waals surface area contributed by atoms with Crippen molar-refractivity contribution in [2.45, 2.75) is 6.10 Å². The lowest BCUT2D eigenvalue weighted by atomic mass is 10.1. The van der Waals surface area contributed by atoms with Crippen molar-refractivity contribution < 1.29 is 9.90 Å². The van der Waals surface area contributed by atoms with Gasteiger partial charge in [-0.05, 0) is 52.3 Å². The molecule has 1 aromatic carbocycles. The summed E-state index contributed by atoms with van der Waals surface area (Å²) < 4.78 is 2.54. The molecule has 4 rings (SSSR count). The van der Waals surface area contributed by atoms with Gasteiger partial charge < -0.3 is 15.3 Å². The van der Waals surface area contributed by atoms with E-state index in [-0.39, 0.29) is 5.91 Å².